The van der Waals surface area contributed by atoms with Crippen LogP contribution in [0.25, 0.3) is 5.69 Å². The van der Waals surface area contributed by atoms with E-state index in [1.807, 2.05) is 35.0 Å². The van der Waals surface area contributed by atoms with Gasteiger partial charge in [0.2, 0.25) is 0 Å². The van der Waals surface area contributed by atoms with Crippen LogP contribution in [0.1, 0.15) is 48.1 Å². The fourth-order valence-electron chi connectivity index (χ4n) is 5.16. The Morgan fingerprint density at radius 2 is 1.92 bits per heavy atom. The van der Waals surface area contributed by atoms with E-state index in [9.17, 15) is 4.79 Å². The zero-order valence-corrected chi connectivity index (χ0v) is 15.2. The number of nitrogens with zero attached hydrogens (tertiary/aromatic N) is 3. The molecule has 3 aromatic rings. The predicted octanol–water partition coefficient (Wildman–Crippen LogP) is 3.76. The molecule has 0 bridgehead atoms. The van der Waals surface area contributed by atoms with Crippen molar-refractivity contribution in [1.29, 1.82) is 0 Å². The van der Waals surface area contributed by atoms with Gasteiger partial charge in [0, 0.05) is 16.4 Å². The minimum absolute atomic E-state index is 0.134. The summed E-state index contributed by atoms with van der Waals surface area (Å²) in [7, 11) is 0. The van der Waals surface area contributed by atoms with Crippen molar-refractivity contribution < 1.29 is 9.32 Å². The Balaban J connectivity index is 1.69. The topological polar surface area (TPSA) is 60.9 Å². The van der Waals surface area contributed by atoms with Gasteiger partial charge in [-0.3, -0.25) is 4.79 Å². The normalized spacial score (nSPS) is 26.1. The molecule has 0 unspecified atom stereocenters. The number of ketones is 1. The first-order chi connectivity index (χ1) is 12.4. The van der Waals surface area contributed by atoms with Gasteiger partial charge in [0.05, 0.1) is 29.3 Å². The van der Waals surface area contributed by atoms with E-state index < -0.39 is 5.41 Å². The number of benzene rings is 1. The third-order valence-electron chi connectivity index (χ3n) is 6.46. The van der Waals surface area contributed by atoms with Gasteiger partial charge >= 0.3 is 0 Å². The Kier molecular flexibility index (Phi) is 2.95. The molecule has 0 radical (unpaired) electrons. The Hall–Kier alpha value is -2.69. The van der Waals surface area contributed by atoms with Crippen molar-refractivity contribution in [2.45, 2.75) is 39.0 Å². The Labute approximate surface area is 152 Å². The van der Waals surface area contributed by atoms with Crippen molar-refractivity contribution in [2.75, 3.05) is 0 Å². The highest BCUT2D eigenvalue weighted by Crippen LogP contribution is 2.55. The van der Waals surface area contributed by atoms with Crippen molar-refractivity contribution in [2.24, 2.45) is 11.3 Å². The lowest BCUT2D eigenvalue weighted by Crippen LogP contribution is -2.53. The zero-order chi connectivity index (χ0) is 18.1. The lowest BCUT2D eigenvalue weighted by molar-refractivity contribution is 0.0415. The molecule has 2 heterocycles. The molecular weight excluding hydrogens is 326 g/mol. The smallest absolute Gasteiger partial charge is 0.172 e. The van der Waals surface area contributed by atoms with Crippen LogP contribution in [0, 0.1) is 11.3 Å². The number of carbonyl (C=O) groups excluding carboxylic acids is 1. The maximum absolute atomic E-state index is 13.5. The first-order valence-corrected chi connectivity index (χ1v) is 9.04. The van der Waals surface area contributed by atoms with E-state index in [-0.39, 0.29) is 17.1 Å². The van der Waals surface area contributed by atoms with Crippen LogP contribution < -0.4 is 0 Å². The van der Waals surface area contributed by atoms with Gasteiger partial charge in [-0.1, -0.05) is 44.1 Å². The van der Waals surface area contributed by atoms with E-state index >= 15 is 0 Å². The summed E-state index contributed by atoms with van der Waals surface area (Å²) in [5.74, 6) is 1.24. The van der Waals surface area contributed by atoms with E-state index in [1.165, 1.54) is 0 Å². The molecule has 0 fully saturated rings. The molecule has 0 saturated carbocycles. The van der Waals surface area contributed by atoms with Gasteiger partial charge in [-0.15, -0.1) is 0 Å². The van der Waals surface area contributed by atoms with Crippen molar-refractivity contribution in [3.8, 4) is 5.69 Å². The Bertz CT molecular complexity index is 1020. The monoisotopic (exact) mass is 347 g/mol. The van der Waals surface area contributed by atoms with Crippen molar-refractivity contribution >= 4 is 5.78 Å². The summed E-state index contributed by atoms with van der Waals surface area (Å²) in [6, 6.07) is 10.0. The van der Waals surface area contributed by atoms with Gasteiger partial charge in [-0.25, -0.2) is 4.68 Å². The second-order valence-corrected chi connectivity index (χ2v) is 8.33. The highest BCUT2D eigenvalue weighted by Gasteiger charge is 2.58. The molecule has 0 aliphatic heterocycles. The Morgan fingerprint density at radius 3 is 2.69 bits per heavy atom. The molecule has 0 saturated heterocycles. The number of hydrogen-bond acceptors (Lipinski definition) is 4. The van der Waals surface area contributed by atoms with Gasteiger partial charge in [-0.2, -0.15) is 5.10 Å². The van der Waals surface area contributed by atoms with Crippen molar-refractivity contribution in [1.82, 2.24) is 14.9 Å². The van der Waals surface area contributed by atoms with E-state index in [0.717, 1.165) is 34.7 Å². The SMILES string of the molecule is CC1(C)c2oncc2C[C@]2(C)C(=O)c3cnn(-c4ccccc4)c3C[C@@H]12. The summed E-state index contributed by atoms with van der Waals surface area (Å²) in [5, 5.41) is 8.56. The summed E-state index contributed by atoms with van der Waals surface area (Å²) in [5.41, 5.74) is 3.07. The molecule has 2 aliphatic carbocycles. The molecule has 1 aromatic carbocycles. The number of carbonyl (C=O) groups is 1. The molecule has 0 N–H and O–H groups in total. The molecule has 132 valence electrons. The van der Waals surface area contributed by atoms with Gasteiger partial charge < -0.3 is 4.52 Å². The van der Waals surface area contributed by atoms with Crippen LogP contribution in [0.4, 0.5) is 0 Å². The summed E-state index contributed by atoms with van der Waals surface area (Å²) < 4.78 is 7.52. The average Bonchev–Trinajstić information content (AvgIpc) is 3.25. The van der Waals surface area contributed by atoms with Crippen molar-refractivity contribution in [3.63, 3.8) is 0 Å². The van der Waals surface area contributed by atoms with Crippen LogP contribution in [0.5, 0.6) is 0 Å². The van der Waals surface area contributed by atoms with Crippen molar-refractivity contribution in [3.05, 3.63) is 65.3 Å². The molecule has 0 amide bonds. The molecule has 26 heavy (non-hydrogen) atoms. The van der Waals surface area contributed by atoms with E-state index in [2.05, 4.69) is 31.0 Å². The van der Waals surface area contributed by atoms with Gasteiger partial charge in [0.25, 0.3) is 0 Å². The quantitative estimate of drug-likeness (QED) is 0.672. The molecule has 2 aliphatic rings. The number of para-hydroxylation sites is 1. The van der Waals surface area contributed by atoms with Gasteiger partial charge in [0.15, 0.2) is 5.78 Å². The predicted molar refractivity (Wildman–Crippen MR) is 96.4 cm³/mol. The number of rotatable bonds is 1. The zero-order valence-electron chi connectivity index (χ0n) is 15.2. The van der Waals surface area contributed by atoms with Crippen LogP contribution in [-0.2, 0) is 18.3 Å². The summed E-state index contributed by atoms with van der Waals surface area (Å²) in [6.07, 6.45) is 4.98. The largest absolute Gasteiger partial charge is 0.361 e. The van der Waals surface area contributed by atoms with E-state index in [4.69, 9.17) is 4.52 Å². The van der Waals surface area contributed by atoms with E-state index in [1.54, 1.807) is 12.4 Å². The van der Waals surface area contributed by atoms with Crippen LogP contribution in [0.15, 0.2) is 47.2 Å². The first-order valence-electron chi connectivity index (χ1n) is 9.04. The van der Waals surface area contributed by atoms with Gasteiger partial charge in [0.1, 0.15) is 5.76 Å². The maximum atomic E-state index is 13.5. The fourth-order valence-corrected chi connectivity index (χ4v) is 5.16. The number of fused-ring (bicyclic) bond motifs is 3. The van der Waals surface area contributed by atoms with Crippen LogP contribution in [-0.4, -0.2) is 20.7 Å². The minimum atomic E-state index is -0.459. The fraction of sp³-hybridized carbons (Fsp3) is 0.381. The second-order valence-electron chi connectivity index (χ2n) is 8.33. The third-order valence-corrected chi connectivity index (χ3v) is 6.46. The molecule has 0 spiro atoms. The number of aromatic nitrogens is 3. The van der Waals surface area contributed by atoms with Crippen LogP contribution in [0.3, 0.4) is 0 Å². The summed E-state index contributed by atoms with van der Waals surface area (Å²) in [6.45, 7) is 6.43. The third kappa shape index (κ3) is 1.83. The lowest BCUT2D eigenvalue weighted by Gasteiger charge is -2.50. The summed E-state index contributed by atoms with van der Waals surface area (Å²) in [4.78, 5) is 13.5. The molecule has 2 atom stereocenters. The molecule has 5 rings (SSSR count). The van der Waals surface area contributed by atoms with Gasteiger partial charge in [-0.05, 0) is 30.9 Å². The lowest BCUT2D eigenvalue weighted by atomic mass is 9.51. The molecule has 5 nitrogen and oxygen atoms in total. The highest BCUT2D eigenvalue weighted by atomic mass is 16.5. The second kappa shape index (κ2) is 4.93. The minimum Gasteiger partial charge on any atom is -0.361 e. The highest BCUT2D eigenvalue weighted by molar-refractivity contribution is 6.03. The maximum Gasteiger partial charge on any atom is 0.172 e. The number of hydrogen-bond donors (Lipinski definition) is 0. The standard InChI is InChI=1S/C21H21N3O2/c1-20(2)17-9-16-15(12-22-24(16)14-7-5-4-6-8-14)18(25)21(17,3)10-13-11-23-26-19(13)20/h4-8,11-12,17H,9-10H2,1-3H3/t17-,21-/m0/s1. The van der Waals surface area contributed by atoms with Crippen LogP contribution >= 0.6 is 0 Å². The Morgan fingerprint density at radius 1 is 1.15 bits per heavy atom. The molecule has 5 heteroatoms. The first kappa shape index (κ1) is 15.6. The van der Waals surface area contributed by atoms with E-state index in [0.29, 0.717) is 6.42 Å². The molecule has 2 aromatic heterocycles. The average molecular weight is 347 g/mol. The number of Topliss-reactive ketones (excluding diaryl/α,β-unsaturated/α-hetero) is 1. The summed E-state index contributed by atoms with van der Waals surface area (Å²) >= 11 is 0. The van der Waals surface area contributed by atoms with Crippen LogP contribution in [0.2, 0.25) is 0 Å². The molecular formula is C21H21N3O2.